The van der Waals surface area contributed by atoms with Crippen molar-refractivity contribution in [2.75, 3.05) is 95.8 Å². The zero-order valence-corrected chi connectivity index (χ0v) is 39.0. The number of aryl methyl sites for hydroxylation is 1. The number of benzene rings is 4. The summed E-state index contributed by atoms with van der Waals surface area (Å²) in [7, 11) is -1.77. The summed E-state index contributed by atoms with van der Waals surface area (Å²) < 4.78 is 59.3. The molecule has 0 unspecified atom stereocenters. The largest absolute Gasteiger partial charge is 0.462 e. The van der Waals surface area contributed by atoms with Gasteiger partial charge in [0, 0.05) is 55.4 Å². The molecule has 3 aliphatic rings. The normalized spacial score (nSPS) is 18.8. The molecule has 0 N–H and O–H groups in total. The molecule has 8 rings (SSSR count). The number of fused-ring (bicyclic) bond motifs is 2. The van der Waals surface area contributed by atoms with E-state index in [1.165, 1.54) is 22.9 Å². The zero-order chi connectivity index (χ0) is 46.6. The maximum atomic E-state index is 13.4. The third kappa shape index (κ3) is 12.4. The third-order valence-corrected chi connectivity index (χ3v) is 13.8. The van der Waals surface area contributed by atoms with E-state index in [1.807, 2.05) is 37.3 Å². The minimum absolute atomic E-state index is 0.00640. The Labute approximate surface area is 393 Å². The van der Waals surface area contributed by atoms with Crippen LogP contribution in [0.3, 0.4) is 0 Å². The summed E-state index contributed by atoms with van der Waals surface area (Å²) in [6.07, 6.45) is 1.19. The fraction of sp³-hybridized carbons (Fsp3) is 0.440. The van der Waals surface area contributed by atoms with Crippen LogP contribution in [0.5, 0.6) is 6.01 Å². The van der Waals surface area contributed by atoms with E-state index in [0.29, 0.717) is 71.6 Å². The molecule has 16 nitrogen and oxygen atoms in total. The number of nitrogens with zero attached hydrogens (tertiary/aromatic N) is 7. The fourth-order valence-electron chi connectivity index (χ4n) is 8.86. The first-order valence-corrected chi connectivity index (χ1v) is 24.3. The van der Waals surface area contributed by atoms with Gasteiger partial charge >= 0.3 is 12.1 Å². The highest BCUT2D eigenvalue weighted by Gasteiger charge is 2.36. The molecule has 0 radical (unpaired) electrons. The topological polar surface area (TPSA) is 169 Å². The second kappa shape index (κ2) is 22.8. The summed E-state index contributed by atoms with van der Waals surface area (Å²) in [6, 6.07) is 33.1. The van der Waals surface area contributed by atoms with Crippen molar-refractivity contribution in [1.29, 1.82) is 5.26 Å². The molecular weight excluding hydrogens is 875 g/mol. The number of nitriles is 1. The molecule has 1 aromatic heterocycles. The minimum atomic E-state index is -3.83. The van der Waals surface area contributed by atoms with Crippen LogP contribution in [0.15, 0.2) is 102 Å². The lowest BCUT2D eigenvalue weighted by molar-refractivity contribution is -0.0103. The Hall–Kier alpha value is -5.87. The average Bonchev–Trinajstić information content (AvgIpc) is 3.71. The van der Waals surface area contributed by atoms with Gasteiger partial charge in [-0.25, -0.2) is 4.79 Å². The Kier molecular flexibility index (Phi) is 16.2. The lowest BCUT2D eigenvalue weighted by Gasteiger charge is -2.42. The third-order valence-electron chi connectivity index (χ3n) is 12.5. The molecule has 0 aliphatic carbocycles. The molecule has 2 fully saturated rings. The number of anilines is 2. The Morgan fingerprint density at radius 1 is 0.806 bits per heavy atom. The van der Waals surface area contributed by atoms with Gasteiger partial charge in [0.1, 0.15) is 19.0 Å². The number of likely N-dealkylation sites (N-methyl/N-ethyl adjacent to an activating group) is 1. The van der Waals surface area contributed by atoms with E-state index < -0.39 is 22.3 Å². The molecule has 354 valence electrons. The lowest BCUT2D eigenvalue weighted by atomic mass is 10.0. The van der Waals surface area contributed by atoms with Crippen LogP contribution in [0.2, 0.25) is 0 Å². The van der Waals surface area contributed by atoms with Crippen molar-refractivity contribution in [1.82, 2.24) is 19.8 Å². The summed E-state index contributed by atoms with van der Waals surface area (Å²) in [5.74, 6) is 0.781. The van der Waals surface area contributed by atoms with Crippen LogP contribution in [0.25, 0.3) is 10.8 Å². The van der Waals surface area contributed by atoms with Crippen molar-refractivity contribution in [2.45, 2.75) is 62.4 Å². The summed E-state index contributed by atoms with van der Waals surface area (Å²) in [6.45, 7) is 7.29. The number of hydrogen-bond acceptors (Lipinski definition) is 15. The highest BCUT2D eigenvalue weighted by Crippen LogP contribution is 2.35. The SMILES string of the molecule is Cc1ccc(S(=O)(=O)OCCOCCOCCO[C@@H]2C[C@@H](COc3nc4c(c(N5CCN(C(=O)OCc6ccccc6)[C@@H](CC#N)C5)n3)CCN(c3cccc5ccccc35)C4)N(C)C2)cc1. The van der Waals surface area contributed by atoms with Crippen LogP contribution >= 0.6 is 0 Å². The number of amides is 1. The minimum Gasteiger partial charge on any atom is -0.462 e. The molecule has 2 saturated heterocycles. The number of ether oxygens (including phenoxy) is 5. The molecule has 4 heterocycles. The van der Waals surface area contributed by atoms with Gasteiger partial charge in [0.05, 0.1) is 81.4 Å². The van der Waals surface area contributed by atoms with Crippen molar-refractivity contribution in [3.05, 3.63) is 119 Å². The monoisotopic (exact) mass is 933 g/mol. The highest BCUT2D eigenvalue weighted by molar-refractivity contribution is 7.86. The van der Waals surface area contributed by atoms with Crippen molar-refractivity contribution in [3.63, 3.8) is 0 Å². The number of hydrogen-bond donors (Lipinski definition) is 0. The van der Waals surface area contributed by atoms with Gasteiger partial charge in [0.25, 0.3) is 10.1 Å². The zero-order valence-electron chi connectivity index (χ0n) is 38.2. The molecule has 5 aromatic rings. The fourth-order valence-corrected chi connectivity index (χ4v) is 9.75. The number of likely N-dealkylation sites (tertiary alicyclic amines) is 1. The highest BCUT2D eigenvalue weighted by atomic mass is 32.2. The Bertz CT molecular complexity index is 2580. The Morgan fingerprint density at radius 2 is 1.55 bits per heavy atom. The molecule has 0 bridgehead atoms. The molecular formula is C50H59N7O9S. The van der Waals surface area contributed by atoms with Gasteiger partial charge in [-0.2, -0.15) is 23.6 Å². The first-order chi connectivity index (χ1) is 32.6. The van der Waals surface area contributed by atoms with E-state index in [4.69, 9.17) is 37.8 Å². The summed E-state index contributed by atoms with van der Waals surface area (Å²) in [5.41, 5.74) is 4.96. The molecule has 17 heteroatoms. The number of rotatable bonds is 20. The molecule has 4 aromatic carbocycles. The maximum absolute atomic E-state index is 13.4. The van der Waals surface area contributed by atoms with Gasteiger partial charge in [-0.15, -0.1) is 0 Å². The average molecular weight is 934 g/mol. The standard InChI is InChI=1S/C50H59N7O9S/c1-37-15-17-43(18-16-37)67(59,60)66-30-28-62-26-25-61-27-29-63-42-31-41(54(2)33-42)36-64-49-52-46-34-55(47-14-8-12-39-11-6-7-13-44(39)47)22-20-45(46)48(53-49)56-23-24-57(40(32-56)19-21-51)50(58)65-35-38-9-4-3-5-10-38/h3-18,40-42H,19-20,22-36H2,1-2H3/t40-,41-,42+/m0/s1. The maximum Gasteiger partial charge on any atom is 0.410 e. The van der Waals surface area contributed by atoms with Gasteiger partial charge in [0.15, 0.2) is 0 Å². The first-order valence-electron chi connectivity index (χ1n) is 22.9. The van der Waals surface area contributed by atoms with Crippen molar-refractivity contribution < 1.29 is 41.1 Å². The smallest absolute Gasteiger partial charge is 0.410 e. The molecule has 67 heavy (non-hydrogen) atoms. The van der Waals surface area contributed by atoms with Gasteiger partial charge < -0.3 is 38.4 Å². The van der Waals surface area contributed by atoms with Crippen molar-refractivity contribution in [3.8, 4) is 12.1 Å². The number of aromatic nitrogens is 2. The predicted molar refractivity (Wildman–Crippen MR) is 253 cm³/mol. The summed E-state index contributed by atoms with van der Waals surface area (Å²) in [5, 5.41) is 12.2. The molecule has 1 amide bonds. The molecule has 0 saturated carbocycles. The predicted octanol–water partition coefficient (Wildman–Crippen LogP) is 6.15. The van der Waals surface area contributed by atoms with Crippen LogP contribution in [0, 0.1) is 18.3 Å². The van der Waals surface area contributed by atoms with Crippen molar-refractivity contribution in [2.24, 2.45) is 0 Å². The summed E-state index contributed by atoms with van der Waals surface area (Å²) in [4.78, 5) is 32.1. The van der Waals surface area contributed by atoms with Crippen LogP contribution in [-0.2, 0) is 52.8 Å². The van der Waals surface area contributed by atoms with Gasteiger partial charge in [-0.1, -0.05) is 84.4 Å². The van der Waals surface area contributed by atoms with E-state index in [9.17, 15) is 18.5 Å². The quantitative estimate of drug-likeness (QED) is 0.0643. The van der Waals surface area contributed by atoms with Gasteiger partial charge in [-0.05, 0) is 56.0 Å². The van der Waals surface area contributed by atoms with E-state index in [1.54, 1.807) is 17.0 Å². The van der Waals surface area contributed by atoms with Crippen LogP contribution in [0.1, 0.15) is 35.2 Å². The van der Waals surface area contributed by atoms with Crippen LogP contribution < -0.4 is 14.5 Å². The molecule has 3 atom stereocenters. The lowest BCUT2D eigenvalue weighted by Crippen LogP contribution is -2.55. The number of piperazine rings is 1. The Balaban J connectivity index is 0.855. The van der Waals surface area contributed by atoms with Gasteiger partial charge in [-0.3, -0.25) is 9.08 Å². The van der Waals surface area contributed by atoms with E-state index in [2.05, 4.69) is 70.3 Å². The van der Waals surface area contributed by atoms with Gasteiger partial charge in [0.2, 0.25) is 0 Å². The first kappa shape index (κ1) is 47.6. The van der Waals surface area contributed by atoms with E-state index >= 15 is 0 Å². The Morgan fingerprint density at radius 3 is 2.36 bits per heavy atom. The van der Waals surface area contributed by atoms with Crippen LogP contribution in [0.4, 0.5) is 16.3 Å². The number of carbonyl (C=O) groups is 1. The molecule has 3 aliphatic heterocycles. The van der Waals surface area contributed by atoms with Crippen molar-refractivity contribution >= 4 is 38.5 Å². The second-order valence-electron chi connectivity index (χ2n) is 17.1. The number of carbonyl (C=O) groups excluding carboxylic acids is 1. The summed E-state index contributed by atoms with van der Waals surface area (Å²) >= 11 is 0. The van der Waals surface area contributed by atoms with E-state index in [-0.39, 0.29) is 43.3 Å². The van der Waals surface area contributed by atoms with Crippen LogP contribution in [-0.4, -0.2) is 138 Å². The van der Waals surface area contributed by atoms with E-state index in [0.717, 1.165) is 53.4 Å². The molecule has 0 spiro atoms. The second-order valence-corrected chi connectivity index (χ2v) is 18.7.